The van der Waals surface area contributed by atoms with E-state index in [-0.39, 0.29) is 12.4 Å². The van der Waals surface area contributed by atoms with Crippen LogP contribution in [-0.4, -0.2) is 18.9 Å². The predicted molar refractivity (Wildman–Crippen MR) is 138 cm³/mol. The zero-order valence-electron chi connectivity index (χ0n) is 19.6. The van der Waals surface area contributed by atoms with Crippen LogP contribution in [0.25, 0.3) is 5.70 Å². The molecule has 2 aliphatic rings. The number of dihydropyridines is 1. The summed E-state index contributed by atoms with van der Waals surface area (Å²) in [6, 6.07) is 22.4. The number of carbonyl (C=O) groups excluding carboxylic acids is 2. The van der Waals surface area contributed by atoms with Crippen molar-refractivity contribution in [2.45, 2.75) is 19.4 Å². The van der Waals surface area contributed by atoms with E-state index < -0.39 is 11.9 Å². The Kier molecular flexibility index (Phi) is 6.21. The molecular weight excluding hydrogens is 520 g/mol. The molecule has 0 saturated carbocycles. The van der Waals surface area contributed by atoms with Gasteiger partial charge in [-0.25, -0.2) is 4.79 Å². The lowest BCUT2D eigenvalue weighted by Gasteiger charge is -2.29. The standard InChI is InChI=1S/C29H21BrN2O4/c1-16-24(29(34)35-2)25(26-27(32-16)20-9-5-6-10-21(20)28(26)33)17-11-12-23(22(30)13-17)36-15-19-8-4-3-7-18(19)14-31/h3-13,25,32H,15H2,1-2H3. The van der Waals surface area contributed by atoms with E-state index in [1.54, 1.807) is 18.2 Å². The molecule has 36 heavy (non-hydrogen) atoms. The number of hydrogen-bond donors (Lipinski definition) is 1. The second kappa shape index (κ2) is 9.48. The Morgan fingerprint density at radius 2 is 1.81 bits per heavy atom. The van der Waals surface area contributed by atoms with Crippen molar-refractivity contribution in [1.29, 1.82) is 5.26 Å². The van der Waals surface area contributed by atoms with E-state index in [0.29, 0.717) is 38.2 Å². The van der Waals surface area contributed by atoms with E-state index in [2.05, 4.69) is 27.3 Å². The molecule has 0 bridgehead atoms. The normalized spacial score (nSPS) is 16.2. The molecule has 178 valence electrons. The number of methoxy groups -OCH3 is 1. The third-order valence-corrected chi connectivity index (χ3v) is 7.08. The lowest BCUT2D eigenvalue weighted by molar-refractivity contribution is -0.136. The maximum Gasteiger partial charge on any atom is 0.336 e. The summed E-state index contributed by atoms with van der Waals surface area (Å²) >= 11 is 3.59. The third-order valence-electron chi connectivity index (χ3n) is 6.46. The SMILES string of the molecule is COC(=O)C1=C(C)NC2=C(C(=O)c3ccccc32)C1c1ccc(OCc2ccccc2C#N)c(Br)c1. The summed E-state index contributed by atoms with van der Waals surface area (Å²) in [5.41, 5.74) is 5.78. The fourth-order valence-corrected chi connectivity index (χ4v) is 5.28. The Labute approximate surface area is 217 Å². The molecule has 0 aromatic heterocycles. The molecule has 1 aliphatic heterocycles. The van der Waals surface area contributed by atoms with E-state index in [4.69, 9.17) is 9.47 Å². The van der Waals surface area contributed by atoms with Gasteiger partial charge in [-0.05, 0) is 46.6 Å². The number of nitrogens with zero attached hydrogens (tertiary/aromatic N) is 1. The van der Waals surface area contributed by atoms with Crippen molar-refractivity contribution in [3.8, 4) is 11.8 Å². The highest BCUT2D eigenvalue weighted by molar-refractivity contribution is 9.10. The Balaban J connectivity index is 1.54. The van der Waals surface area contributed by atoms with Crippen molar-refractivity contribution in [2.75, 3.05) is 7.11 Å². The van der Waals surface area contributed by atoms with Gasteiger partial charge in [-0.2, -0.15) is 5.26 Å². The summed E-state index contributed by atoms with van der Waals surface area (Å²) in [5, 5.41) is 12.6. The molecule has 3 aromatic carbocycles. The number of halogens is 1. The average molecular weight is 541 g/mol. The van der Waals surface area contributed by atoms with Crippen LogP contribution in [0.15, 0.2) is 88.0 Å². The number of esters is 1. The highest BCUT2D eigenvalue weighted by Gasteiger charge is 2.42. The van der Waals surface area contributed by atoms with Gasteiger partial charge in [0.15, 0.2) is 5.78 Å². The van der Waals surface area contributed by atoms with Crippen molar-refractivity contribution in [2.24, 2.45) is 0 Å². The van der Waals surface area contributed by atoms with Crippen molar-refractivity contribution in [3.63, 3.8) is 0 Å². The number of hydrogen-bond acceptors (Lipinski definition) is 6. The van der Waals surface area contributed by atoms with Gasteiger partial charge < -0.3 is 14.8 Å². The van der Waals surface area contributed by atoms with Gasteiger partial charge in [0.25, 0.3) is 0 Å². The Hall–Kier alpha value is -4.15. The van der Waals surface area contributed by atoms with E-state index in [1.807, 2.05) is 55.5 Å². The Morgan fingerprint density at radius 1 is 1.08 bits per heavy atom. The summed E-state index contributed by atoms with van der Waals surface area (Å²) < 4.78 is 11.8. The summed E-state index contributed by atoms with van der Waals surface area (Å²) in [7, 11) is 1.33. The van der Waals surface area contributed by atoms with Gasteiger partial charge in [0.2, 0.25) is 0 Å². The van der Waals surface area contributed by atoms with Crippen LogP contribution in [0.5, 0.6) is 5.75 Å². The number of allylic oxidation sites excluding steroid dienone is 2. The molecular formula is C29H21BrN2O4. The van der Waals surface area contributed by atoms with E-state index in [1.165, 1.54) is 7.11 Å². The number of Topliss-reactive ketones (excluding diaryl/α,β-unsaturated/α-hetero) is 1. The van der Waals surface area contributed by atoms with Crippen LogP contribution in [0.1, 0.15) is 45.5 Å². The summed E-state index contributed by atoms with van der Waals surface area (Å²) in [6.45, 7) is 2.04. The van der Waals surface area contributed by atoms with Gasteiger partial charge in [-0.15, -0.1) is 0 Å². The molecule has 7 heteroatoms. The van der Waals surface area contributed by atoms with Crippen molar-refractivity contribution in [3.05, 3.63) is 116 Å². The van der Waals surface area contributed by atoms with Gasteiger partial charge in [-0.3, -0.25) is 4.79 Å². The third kappa shape index (κ3) is 3.90. The van der Waals surface area contributed by atoms with Crippen LogP contribution in [0.3, 0.4) is 0 Å². The van der Waals surface area contributed by atoms with Crippen LogP contribution >= 0.6 is 15.9 Å². The fraction of sp³-hybridized carbons (Fsp3) is 0.138. The number of ketones is 1. The van der Waals surface area contributed by atoms with Gasteiger partial charge in [0.1, 0.15) is 12.4 Å². The second-order valence-corrected chi connectivity index (χ2v) is 9.35. The quantitative estimate of drug-likeness (QED) is 0.421. The van der Waals surface area contributed by atoms with Crippen molar-refractivity contribution < 1.29 is 19.1 Å². The van der Waals surface area contributed by atoms with Gasteiger partial charge in [0, 0.05) is 33.9 Å². The molecule has 0 fully saturated rings. The number of ether oxygens (including phenoxy) is 2. The largest absolute Gasteiger partial charge is 0.488 e. The topological polar surface area (TPSA) is 88.4 Å². The average Bonchev–Trinajstić information content (AvgIpc) is 3.18. The zero-order chi connectivity index (χ0) is 25.4. The summed E-state index contributed by atoms with van der Waals surface area (Å²) in [4.78, 5) is 26.4. The summed E-state index contributed by atoms with van der Waals surface area (Å²) in [5.74, 6) is -0.643. The lowest BCUT2D eigenvalue weighted by atomic mass is 9.80. The molecule has 0 radical (unpaired) electrons. The smallest absolute Gasteiger partial charge is 0.336 e. The monoisotopic (exact) mass is 540 g/mol. The number of nitriles is 1. The predicted octanol–water partition coefficient (Wildman–Crippen LogP) is 5.64. The number of benzene rings is 3. The van der Waals surface area contributed by atoms with Crippen LogP contribution in [0.4, 0.5) is 0 Å². The van der Waals surface area contributed by atoms with Crippen LogP contribution in [0.2, 0.25) is 0 Å². The zero-order valence-corrected chi connectivity index (χ0v) is 21.2. The molecule has 0 amide bonds. The molecule has 1 N–H and O–H groups in total. The lowest BCUT2D eigenvalue weighted by Crippen LogP contribution is -2.29. The minimum atomic E-state index is -0.613. The molecule has 6 nitrogen and oxygen atoms in total. The first kappa shape index (κ1) is 23.6. The second-order valence-electron chi connectivity index (χ2n) is 8.50. The van der Waals surface area contributed by atoms with Crippen molar-refractivity contribution >= 4 is 33.4 Å². The highest BCUT2D eigenvalue weighted by atomic mass is 79.9. The highest BCUT2D eigenvalue weighted by Crippen LogP contribution is 2.47. The first-order valence-electron chi connectivity index (χ1n) is 11.3. The van der Waals surface area contributed by atoms with Crippen LogP contribution in [0, 0.1) is 11.3 Å². The van der Waals surface area contributed by atoms with E-state index in [9.17, 15) is 14.9 Å². The fourth-order valence-electron chi connectivity index (χ4n) is 4.77. The van der Waals surface area contributed by atoms with Crippen LogP contribution in [-0.2, 0) is 16.1 Å². The van der Waals surface area contributed by atoms with Crippen LogP contribution < -0.4 is 10.1 Å². The molecule has 1 unspecified atom stereocenters. The Bertz CT molecular complexity index is 1530. The minimum Gasteiger partial charge on any atom is -0.488 e. The summed E-state index contributed by atoms with van der Waals surface area (Å²) in [6.07, 6.45) is 0. The van der Waals surface area contributed by atoms with Gasteiger partial charge in [0.05, 0.1) is 34.5 Å². The molecule has 0 spiro atoms. The number of nitrogens with one attached hydrogen (secondary N) is 1. The molecule has 1 heterocycles. The van der Waals surface area contributed by atoms with Gasteiger partial charge in [-0.1, -0.05) is 48.5 Å². The first-order chi connectivity index (χ1) is 17.4. The first-order valence-corrected chi connectivity index (χ1v) is 12.1. The molecule has 1 aliphatic carbocycles. The number of rotatable bonds is 5. The maximum atomic E-state index is 13.5. The molecule has 5 rings (SSSR count). The number of carbonyl (C=O) groups is 2. The van der Waals surface area contributed by atoms with Gasteiger partial charge >= 0.3 is 5.97 Å². The van der Waals surface area contributed by atoms with E-state index >= 15 is 0 Å². The maximum absolute atomic E-state index is 13.5. The molecule has 3 aromatic rings. The minimum absolute atomic E-state index is 0.114. The molecule has 1 atom stereocenters. The molecule has 0 saturated heterocycles. The van der Waals surface area contributed by atoms with E-state index in [0.717, 1.165) is 22.4 Å². The van der Waals surface area contributed by atoms with Crippen molar-refractivity contribution in [1.82, 2.24) is 5.32 Å². The Morgan fingerprint density at radius 3 is 2.53 bits per heavy atom. The number of fused-ring (bicyclic) bond motifs is 2.